The van der Waals surface area contributed by atoms with Gasteiger partial charge in [0.05, 0.1) is 11.8 Å². The molecule has 1 aromatic rings. The molecular formula is C23H39NOSi. The number of allylic oxidation sites excluding steroid dienone is 1. The molecule has 2 nitrogen and oxygen atoms in total. The van der Waals surface area contributed by atoms with Crippen molar-refractivity contribution in [3.8, 4) is 0 Å². The van der Waals surface area contributed by atoms with Crippen molar-refractivity contribution in [1.29, 1.82) is 0 Å². The van der Waals surface area contributed by atoms with E-state index in [1.165, 1.54) is 12.0 Å². The standard InChI is InChI=1S/C23H39NOSi/c1-9-21(24-18-20-15-11-10-12-16-20)22(17-13-14-19(2)3)25-26(7,8)23(4,5)6/h9-12,15-17,19,21,24H,1,13-14,18H2,2-8H3/b22-17-/t21-/m0/s1. The molecule has 0 aliphatic rings. The zero-order valence-electron chi connectivity index (χ0n) is 17.9. The Labute approximate surface area is 162 Å². The van der Waals surface area contributed by atoms with Crippen LogP contribution in [0.15, 0.2) is 54.8 Å². The second-order valence-corrected chi connectivity index (χ2v) is 13.7. The van der Waals surface area contributed by atoms with Crippen LogP contribution >= 0.6 is 0 Å². The SMILES string of the molecule is C=C[C@H](NCc1ccccc1)/C(=C/CCC(C)C)O[Si](C)(C)C(C)(C)C. The lowest BCUT2D eigenvalue weighted by molar-refractivity contribution is 0.343. The highest BCUT2D eigenvalue weighted by molar-refractivity contribution is 6.74. The normalized spacial score (nSPS) is 14.4. The predicted molar refractivity (Wildman–Crippen MR) is 118 cm³/mol. The zero-order valence-corrected chi connectivity index (χ0v) is 18.9. The molecule has 0 heterocycles. The number of rotatable bonds is 10. The second-order valence-electron chi connectivity index (χ2n) is 9.02. The van der Waals surface area contributed by atoms with E-state index >= 15 is 0 Å². The van der Waals surface area contributed by atoms with Crippen molar-refractivity contribution in [2.75, 3.05) is 0 Å². The molecule has 0 fully saturated rings. The van der Waals surface area contributed by atoms with Crippen LogP contribution in [0, 0.1) is 5.92 Å². The lowest BCUT2D eigenvalue weighted by Gasteiger charge is -2.39. The molecule has 0 spiro atoms. The quantitative estimate of drug-likeness (QED) is 0.281. The Morgan fingerprint density at radius 2 is 1.81 bits per heavy atom. The third-order valence-corrected chi connectivity index (χ3v) is 9.54. The second kappa shape index (κ2) is 10.1. The van der Waals surface area contributed by atoms with Gasteiger partial charge < -0.3 is 9.74 Å². The van der Waals surface area contributed by atoms with E-state index in [0.717, 1.165) is 18.7 Å². The number of benzene rings is 1. The largest absolute Gasteiger partial charge is 0.545 e. The summed E-state index contributed by atoms with van der Waals surface area (Å²) in [5.74, 6) is 1.74. The number of hydrogen-bond acceptors (Lipinski definition) is 2. The van der Waals surface area contributed by atoms with E-state index in [4.69, 9.17) is 4.43 Å². The minimum Gasteiger partial charge on any atom is -0.545 e. The molecule has 0 amide bonds. The number of hydrogen-bond donors (Lipinski definition) is 1. The highest BCUT2D eigenvalue weighted by atomic mass is 28.4. The van der Waals surface area contributed by atoms with Gasteiger partial charge in [0.2, 0.25) is 8.32 Å². The fourth-order valence-electron chi connectivity index (χ4n) is 2.36. The Kier molecular flexibility index (Phi) is 8.85. The van der Waals surface area contributed by atoms with E-state index in [1.54, 1.807) is 0 Å². The first-order valence-electron chi connectivity index (χ1n) is 9.85. The zero-order chi connectivity index (χ0) is 19.8. The fraction of sp³-hybridized carbons (Fsp3) is 0.565. The first-order valence-corrected chi connectivity index (χ1v) is 12.8. The van der Waals surface area contributed by atoms with Crippen LogP contribution < -0.4 is 5.32 Å². The van der Waals surface area contributed by atoms with E-state index in [0.29, 0.717) is 5.92 Å². The Hall–Kier alpha value is -1.32. The van der Waals surface area contributed by atoms with E-state index in [-0.39, 0.29) is 11.1 Å². The summed E-state index contributed by atoms with van der Waals surface area (Å²) < 4.78 is 6.69. The molecule has 146 valence electrons. The van der Waals surface area contributed by atoms with Crippen LogP contribution in [0.3, 0.4) is 0 Å². The van der Waals surface area contributed by atoms with Crippen LogP contribution in [-0.4, -0.2) is 14.4 Å². The average Bonchev–Trinajstić information content (AvgIpc) is 2.54. The summed E-state index contributed by atoms with van der Waals surface area (Å²) in [4.78, 5) is 0. The molecular weight excluding hydrogens is 334 g/mol. The first kappa shape index (κ1) is 22.7. The lowest BCUT2D eigenvalue weighted by Crippen LogP contribution is -2.43. The summed E-state index contributed by atoms with van der Waals surface area (Å²) in [5, 5.41) is 3.78. The number of nitrogens with one attached hydrogen (secondary N) is 1. The van der Waals surface area contributed by atoms with Gasteiger partial charge in [-0.3, -0.25) is 0 Å². The van der Waals surface area contributed by atoms with Crippen molar-refractivity contribution >= 4 is 8.32 Å². The molecule has 26 heavy (non-hydrogen) atoms. The lowest BCUT2D eigenvalue weighted by atomic mass is 10.1. The van der Waals surface area contributed by atoms with Gasteiger partial charge in [-0.1, -0.05) is 71.0 Å². The van der Waals surface area contributed by atoms with Gasteiger partial charge in [-0.15, -0.1) is 6.58 Å². The summed E-state index contributed by atoms with van der Waals surface area (Å²) in [6.45, 7) is 20.9. The Morgan fingerprint density at radius 3 is 2.31 bits per heavy atom. The molecule has 0 radical (unpaired) electrons. The Morgan fingerprint density at radius 1 is 1.19 bits per heavy atom. The van der Waals surface area contributed by atoms with E-state index in [9.17, 15) is 0 Å². The summed E-state index contributed by atoms with van der Waals surface area (Å²) in [7, 11) is -1.89. The van der Waals surface area contributed by atoms with Crippen LogP contribution in [0.1, 0.15) is 53.0 Å². The topological polar surface area (TPSA) is 21.3 Å². The molecule has 1 aromatic carbocycles. The van der Waals surface area contributed by atoms with E-state index in [1.807, 2.05) is 12.1 Å². The highest BCUT2D eigenvalue weighted by Gasteiger charge is 2.40. The maximum absolute atomic E-state index is 6.69. The molecule has 0 saturated heterocycles. The molecule has 1 rings (SSSR count). The molecule has 0 saturated carbocycles. The van der Waals surface area contributed by atoms with Crippen LogP contribution in [0.25, 0.3) is 0 Å². The van der Waals surface area contributed by atoms with Crippen molar-refractivity contribution in [1.82, 2.24) is 5.32 Å². The third-order valence-electron chi connectivity index (χ3n) is 5.18. The van der Waals surface area contributed by atoms with Crippen molar-refractivity contribution in [3.63, 3.8) is 0 Å². The maximum Gasteiger partial charge on any atom is 0.250 e. The fourth-order valence-corrected chi connectivity index (χ4v) is 3.47. The minimum absolute atomic E-state index is 0.0384. The van der Waals surface area contributed by atoms with Gasteiger partial charge in [0.1, 0.15) is 0 Å². The molecule has 1 atom stereocenters. The van der Waals surface area contributed by atoms with Crippen LogP contribution in [0.4, 0.5) is 0 Å². The Balaban J connectivity index is 2.94. The van der Waals surface area contributed by atoms with Gasteiger partial charge in [-0.05, 0) is 48.5 Å². The van der Waals surface area contributed by atoms with Crippen molar-refractivity contribution < 1.29 is 4.43 Å². The van der Waals surface area contributed by atoms with Gasteiger partial charge >= 0.3 is 0 Å². The first-order chi connectivity index (χ1) is 12.1. The third kappa shape index (κ3) is 7.51. The molecule has 1 N–H and O–H groups in total. The van der Waals surface area contributed by atoms with E-state index in [2.05, 4.69) is 89.9 Å². The van der Waals surface area contributed by atoms with Gasteiger partial charge in [0.15, 0.2) is 0 Å². The van der Waals surface area contributed by atoms with Crippen LogP contribution in [0.2, 0.25) is 18.1 Å². The molecule has 0 aromatic heterocycles. The summed E-state index contributed by atoms with van der Waals surface area (Å²) >= 11 is 0. The molecule has 0 bridgehead atoms. The Bertz CT molecular complexity index is 570. The van der Waals surface area contributed by atoms with Gasteiger partial charge in [0.25, 0.3) is 0 Å². The molecule has 0 unspecified atom stereocenters. The van der Waals surface area contributed by atoms with E-state index < -0.39 is 8.32 Å². The van der Waals surface area contributed by atoms with Crippen LogP contribution in [-0.2, 0) is 11.0 Å². The molecule has 0 aliphatic heterocycles. The smallest absolute Gasteiger partial charge is 0.250 e. The van der Waals surface area contributed by atoms with Crippen molar-refractivity contribution in [2.24, 2.45) is 5.92 Å². The summed E-state index contributed by atoms with van der Waals surface area (Å²) in [6.07, 6.45) is 6.47. The minimum atomic E-state index is -1.89. The summed E-state index contributed by atoms with van der Waals surface area (Å²) in [6, 6.07) is 10.5. The summed E-state index contributed by atoms with van der Waals surface area (Å²) in [5.41, 5.74) is 1.27. The molecule has 0 aliphatic carbocycles. The molecule has 3 heteroatoms. The van der Waals surface area contributed by atoms with Crippen LogP contribution in [0.5, 0.6) is 0 Å². The monoisotopic (exact) mass is 373 g/mol. The maximum atomic E-state index is 6.69. The van der Waals surface area contributed by atoms with Gasteiger partial charge in [0, 0.05) is 6.54 Å². The van der Waals surface area contributed by atoms with Crippen molar-refractivity contribution in [3.05, 3.63) is 60.4 Å². The predicted octanol–water partition coefficient (Wildman–Crippen LogP) is 6.67. The highest BCUT2D eigenvalue weighted by Crippen LogP contribution is 2.38. The van der Waals surface area contributed by atoms with Gasteiger partial charge in [-0.2, -0.15) is 0 Å². The average molecular weight is 374 g/mol. The van der Waals surface area contributed by atoms with Crippen molar-refractivity contribution in [2.45, 2.75) is 78.2 Å². The van der Waals surface area contributed by atoms with Gasteiger partial charge in [-0.25, -0.2) is 0 Å².